The highest BCUT2D eigenvalue weighted by atomic mass is 16.5. The van der Waals surface area contributed by atoms with Gasteiger partial charge in [-0.25, -0.2) is 5.43 Å². The number of hydrogen-bond donors (Lipinski definition) is 2. The molecule has 122 valence electrons. The summed E-state index contributed by atoms with van der Waals surface area (Å²) in [6.07, 6.45) is 4.82. The number of fused-ring (bicyclic) bond motifs is 1. The number of piperidine rings is 1. The topological polar surface area (TPSA) is 62.7 Å². The van der Waals surface area contributed by atoms with Crippen molar-refractivity contribution >= 4 is 11.6 Å². The van der Waals surface area contributed by atoms with E-state index in [-0.39, 0.29) is 17.4 Å². The van der Waals surface area contributed by atoms with Gasteiger partial charge in [-0.15, -0.1) is 0 Å². The molecule has 1 fully saturated rings. The number of nitrogens with zero attached hydrogens (tertiary/aromatic N) is 1. The van der Waals surface area contributed by atoms with Crippen LogP contribution in [0.1, 0.15) is 43.7 Å². The van der Waals surface area contributed by atoms with Gasteiger partial charge in [-0.3, -0.25) is 4.79 Å². The van der Waals surface area contributed by atoms with Crippen molar-refractivity contribution in [3.05, 3.63) is 29.3 Å². The Kier molecular flexibility index (Phi) is 3.60. The van der Waals surface area contributed by atoms with Crippen LogP contribution in [-0.2, 0) is 11.2 Å². The Balaban J connectivity index is 1.59. The van der Waals surface area contributed by atoms with E-state index in [1.165, 1.54) is 5.56 Å². The summed E-state index contributed by atoms with van der Waals surface area (Å²) in [6.45, 7) is 4.14. The average Bonchev–Trinajstić information content (AvgIpc) is 2.55. The van der Waals surface area contributed by atoms with Gasteiger partial charge in [0.25, 0.3) is 0 Å². The molecule has 4 rings (SSSR count). The summed E-state index contributed by atoms with van der Waals surface area (Å²) in [5.41, 5.74) is 5.96. The van der Waals surface area contributed by atoms with Crippen LogP contribution < -0.4 is 15.5 Å². The van der Waals surface area contributed by atoms with Crippen LogP contribution in [0.2, 0.25) is 0 Å². The first kappa shape index (κ1) is 14.7. The second-order valence-electron chi connectivity index (χ2n) is 6.99. The van der Waals surface area contributed by atoms with E-state index in [1.807, 2.05) is 0 Å². The summed E-state index contributed by atoms with van der Waals surface area (Å²) in [5, 5.41) is 7.67. The van der Waals surface area contributed by atoms with Gasteiger partial charge in [-0.1, -0.05) is 6.92 Å². The van der Waals surface area contributed by atoms with E-state index in [1.54, 1.807) is 0 Å². The molecule has 1 aromatic rings. The maximum absolute atomic E-state index is 11.4. The lowest BCUT2D eigenvalue weighted by Gasteiger charge is -2.41. The zero-order valence-electron chi connectivity index (χ0n) is 13.5. The number of benzene rings is 1. The van der Waals surface area contributed by atoms with Gasteiger partial charge in [0.2, 0.25) is 5.91 Å². The maximum Gasteiger partial charge on any atom is 0.240 e. The van der Waals surface area contributed by atoms with Crippen LogP contribution in [0.15, 0.2) is 23.3 Å². The van der Waals surface area contributed by atoms with E-state index in [4.69, 9.17) is 4.74 Å². The van der Waals surface area contributed by atoms with E-state index >= 15 is 0 Å². The second-order valence-corrected chi connectivity index (χ2v) is 6.99. The number of hydrazone groups is 1. The lowest BCUT2D eigenvalue weighted by Crippen LogP contribution is -2.48. The van der Waals surface area contributed by atoms with E-state index < -0.39 is 0 Å². The van der Waals surface area contributed by atoms with Gasteiger partial charge in [-0.2, -0.15) is 5.10 Å². The summed E-state index contributed by atoms with van der Waals surface area (Å²) >= 11 is 0. The van der Waals surface area contributed by atoms with E-state index in [0.29, 0.717) is 6.42 Å². The molecule has 2 N–H and O–H groups in total. The third-order valence-electron chi connectivity index (χ3n) is 5.31. The molecule has 0 bridgehead atoms. The van der Waals surface area contributed by atoms with Gasteiger partial charge in [0.05, 0.1) is 5.71 Å². The summed E-state index contributed by atoms with van der Waals surface area (Å²) in [7, 11) is 0. The molecule has 0 aliphatic carbocycles. The van der Waals surface area contributed by atoms with Crippen molar-refractivity contribution < 1.29 is 9.53 Å². The van der Waals surface area contributed by atoms with E-state index in [2.05, 4.69) is 41.0 Å². The van der Waals surface area contributed by atoms with Crippen molar-refractivity contribution in [3.63, 3.8) is 0 Å². The fraction of sp³-hybridized carbons (Fsp3) is 0.556. The molecule has 0 radical (unpaired) electrons. The standard InChI is InChI=1S/C18H23N3O2/c1-12-10-16(22)20-21-17(12)14-2-3-15-13(11-14)4-5-18(23-15)6-8-19-9-7-18/h2-3,11-12,19H,4-10H2,1H3,(H,20,22). The lowest BCUT2D eigenvalue weighted by molar-refractivity contribution is -0.121. The van der Waals surface area contributed by atoms with Gasteiger partial charge in [0, 0.05) is 12.3 Å². The molecular formula is C18H23N3O2. The number of ether oxygens (including phenoxy) is 1. The number of carbonyl (C=O) groups excluding carboxylic acids is 1. The summed E-state index contributed by atoms with van der Waals surface area (Å²) in [4.78, 5) is 11.4. The minimum absolute atomic E-state index is 0.00427. The molecule has 5 nitrogen and oxygen atoms in total. The predicted molar refractivity (Wildman–Crippen MR) is 88.7 cm³/mol. The Labute approximate surface area is 136 Å². The molecule has 3 aliphatic heterocycles. The summed E-state index contributed by atoms with van der Waals surface area (Å²) in [6, 6.07) is 6.35. The number of aryl methyl sites for hydroxylation is 1. The number of nitrogens with one attached hydrogen (secondary N) is 2. The van der Waals surface area contributed by atoms with Gasteiger partial charge >= 0.3 is 0 Å². The Morgan fingerprint density at radius 1 is 1.26 bits per heavy atom. The second kappa shape index (κ2) is 5.64. The number of hydrogen-bond acceptors (Lipinski definition) is 4. The molecule has 1 aromatic carbocycles. The fourth-order valence-electron chi connectivity index (χ4n) is 3.92. The van der Waals surface area contributed by atoms with Crippen molar-refractivity contribution in [1.29, 1.82) is 0 Å². The SMILES string of the molecule is CC1CC(=O)NN=C1c1ccc2c(c1)CCC1(CCNCC1)O2. The Morgan fingerprint density at radius 2 is 2.09 bits per heavy atom. The minimum atomic E-state index is -0.00427. The zero-order valence-corrected chi connectivity index (χ0v) is 13.5. The van der Waals surface area contributed by atoms with Crippen molar-refractivity contribution in [2.24, 2.45) is 11.0 Å². The van der Waals surface area contributed by atoms with Gasteiger partial charge in [0.15, 0.2) is 0 Å². The van der Waals surface area contributed by atoms with Crippen LogP contribution >= 0.6 is 0 Å². The van der Waals surface area contributed by atoms with Crippen LogP contribution in [0, 0.1) is 5.92 Å². The van der Waals surface area contributed by atoms with E-state index in [9.17, 15) is 4.79 Å². The Morgan fingerprint density at radius 3 is 2.87 bits per heavy atom. The normalized spacial score (nSPS) is 26.0. The fourth-order valence-corrected chi connectivity index (χ4v) is 3.92. The smallest absolute Gasteiger partial charge is 0.240 e. The summed E-state index contributed by atoms with van der Waals surface area (Å²) in [5.74, 6) is 1.17. The molecule has 1 amide bonds. The minimum Gasteiger partial charge on any atom is -0.487 e. The molecule has 0 saturated carbocycles. The van der Waals surface area contributed by atoms with Crippen LogP contribution in [0.4, 0.5) is 0 Å². The lowest BCUT2D eigenvalue weighted by atomic mass is 9.83. The number of amides is 1. The number of rotatable bonds is 1. The van der Waals surface area contributed by atoms with Crippen molar-refractivity contribution in [1.82, 2.24) is 10.7 Å². The third-order valence-corrected chi connectivity index (χ3v) is 5.31. The molecule has 1 unspecified atom stereocenters. The predicted octanol–water partition coefficient (Wildman–Crippen LogP) is 1.99. The van der Waals surface area contributed by atoms with Crippen molar-refractivity contribution in [2.75, 3.05) is 13.1 Å². The van der Waals surface area contributed by atoms with Crippen molar-refractivity contribution in [3.8, 4) is 5.75 Å². The molecule has 3 aliphatic rings. The molecule has 0 aromatic heterocycles. The molecule has 5 heteroatoms. The van der Waals surface area contributed by atoms with Crippen LogP contribution in [0.5, 0.6) is 5.75 Å². The molecule has 1 spiro atoms. The van der Waals surface area contributed by atoms with Gasteiger partial charge < -0.3 is 10.1 Å². The van der Waals surface area contributed by atoms with Crippen LogP contribution in [-0.4, -0.2) is 30.3 Å². The Bertz CT molecular complexity index is 662. The van der Waals surface area contributed by atoms with Crippen molar-refractivity contribution in [2.45, 2.75) is 44.6 Å². The molecule has 23 heavy (non-hydrogen) atoms. The average molecular weight is 313 g/mol. The third kappa shape index (κ3) is 2.74. The monoisotopic (exact) mass is 313 g/mol. The maximum atomic E-state index is 11.4. The molecule has 1 saturated heterocycles. The zero-order chi connectivity index (χ0) is 15.9. The molecular weight excluding hydrogens is 290 g/mol. The first-order valence-electron chi connectivity index (χ1n) is 8.55. The quantitative estimate of drug-likeness (QED) is 0.833. The molecule has 3 heterocycles. The summed E-state index contributed by atoms with van der Waals surface area (Å²) < 4.78 is 6.40. The van der Waals surface area contributed by atoms with E-state index in [0.717, 1.165) is 55.8 Å². The number of carbonyl (C=O) groups is 1. The first-order chi connectivity index (χ1) is 11.2. The molecule has 1 atom stereocenters. The Hall–Kier alpha value is -1.88. The highest BCUT2D eigenvalue weighted by molar-refractivity contribution is 6.05. The van der Waals surface area contributed by atoms with Gasteiger partial charge in [-0.05, 0) is 68.1 Å². The van der Waals surface area contributed by atoms with Crippen LogP contribution in [0.3, 0.4) is 0 Å². The highest BCUT2D eigenvalue weighted by Gasteiger charge is 2.37. The van der Waals surface area contributed by atoms with Gasteiger partial charge in [0.1, 0.15) is 11.4 Å². The largest absolute Gasteiger partial charge is 0.487 e. The highest BCUT2D eigenvalue weighted by Crippen LogP contribution is 2.38. The van der Waals surface area contributed by atoms with Crippen LogP contribution in [0.25, 0.3) is 0 Å². The first-order valence-corrected chi connectivity index (χ1v) is 8.55.